The third-order valence-electron chi connectivity index (χ3n) is 4.74. The maximum atomic E-state index is 12.5. The number of carbonyl (C=O) groups excluding carboxylic acids is 1. The van der Waals surface area contributed by atoms with Gasteiger partial charge in [0, 0.05) is 11.8 Å². The summed E-state index contributed by atoms with van der Waals surface area (Å²) >= 11 is 0. The second-order valence-corrected chi connectivity index (χ2v) is 6.94. The third kappa shape index (κ3) is 3.75. The predicted molar refractivity (Wildman–Crippen MR) is 111 cm³/mol. The number of amides is 1. The first kappa shape index (κ1) is 18.0. The first-order valence-electron chi connectivity index (χ1n) is 9.58. The summed E-state index contributed by atoms with van der Waals surface area (Å²) in [5.74, 6) is 1.19. The Morgan fingerprint density at radius 2 is 1.93 bits per heavy atom. The van der Waals surface area contributed by atoms with Crippen molar-refractivity contribution in [2.75, 3.05) is 11.9 Å². The van der Waals surface area contributed by atoms with Crippen molar-refractivity contribution in [3.05, 3.63) is 78.8 Å². The molecule has 0 bridgehead atoms. The van der Waals surface area contributed by atoms with Crippen molar-refractivity contribution >= 4 is 11.6 Å². The van der Waals surface area contributed by atoms with Crippen LogP contribution in [0.5, 0.6) is 11.5 Å². The lowest BCUT2D eigenvalue weighted by molar-refractivity contribution is 0.0759. The molecule has 0 radical (unpaired) electrons. The second-order valence-electron chi connectivity index (χ2n) is 6.94. The molecule has 1 aliphatic rings. The topological polar surface area (TPSA) is 94.1 Å². The van der Waals surface area contributed by atoms with Gasteiger partial charge in [-0.3, -0.25) is 14.6 Å². The van der Waals surface area contributed by atoms with E-state index in [-0.39, 0.29) is 12.0 Å². The Labute approximate surface area is 172 Å². The Bertz CT molecular complexity index is 1170. The maximum absolute atomic E-state index is 12.5. The standard InChI is InChI=1S/C22H19N5O3/c28-22(19-10-18(25-26-19)15-6-2-1-3-7-15)24-16-11-23-27(12-16)13-17-14-29-20-8-4-5-9-21(20)30-17/h1-12,17H,13-14H2,(H,24,28)(H,25,26). The molecule has 1 atom stereocenters. The van der Waals surface area contributed by atoms with Gasteiger partial charge in [-0.2, -0.15) is 10.2 Å². The number of hydrogen-bond acceptors (Lipinski definition) is 5. The monoisotopic (exact) mass is 401 g/mol. The van der Waals surface area contributed by atoms with Crippen LogP contribution in [-0.2, 0) is 6.54 Å². The number of para-hydroxylation sites is 2. The molecular formula is C22H19N5O3. The van der Waals surface area contributed by atoms with Crippen molar-refractivity contribution in [2.45, 2.75) is 12.6 Å². The van der Waals surface area contributed by atoms with Crippen molar-refractivity contribution < 1.29 is 14.3 Å². The molecule has 1 amide bonds. The van der Waals surface area contributed by atoms with E-state index in [1.807, 2.05) is 54.6 Å². The van der Waals surface area contributed by atoms with Gasteiger partial charge in [0.1, 0.15) is 12.3 Å². The van der Waals surface area contributed by atoms with Gasteiger partial charge >= 0.3 is 0 Å². The SMILES string of the molecule is O=C(Nc1cnn(CC2COc3ccccc3O2)c1)c1cc(-c2ccccc2)n[nH]1. The molecule has 0 fully saturated rings. The predicted octanol–water partition coefficient (Wildman–Crippen LogP) is 3.37. The molecule has 0 saturated heterocycles. The molecule has 2 aromatic carbocycles. The van der Waals surface area contributed by atoms with E-state index in [0.717, 1.165) is 17.1 Å². The fraction of sp³-hybridized carbons (Fsp3) is 0.136. The molecule has 3 heterocycles. The van der Waals surface area contributed by atoms with E-state index in [2.05, 4.69) is 20.6 Å². The lowest BCUT2D eigenvalue weighted by atomic mass is 10.1. The van der Waals surface area contributed by atoms with Gasteiger partial charge in [0.25, 0.3) is 5.91 Å². The van der Waals surface area contributed by atoms with E-state index in [4.69, 9.17) is 9.47 Å². The molecule has 0 spiro atoms. The summed E-state index contributed by atoms with van der Waals surface area (Å²) in [7, 11) is 0. The number of aromatic nitrogens is 4. The van der Waals surface area contributed by atoms with Crippen LogP contribution in [0.15, 0.2) is 73.1 Å². The summed E-state index contributed by atoms with van der Waals surface area (Å²) in [6.07, 6.45) is 3.20. The number of hydrogen-bond donors (Lipinski definition) is 2. The Hall–Kier alpha value is -4.07. The van der Waals surface area contributed by atoms with Crippen molar-refractivity contribution in [1.29, 1.82) is 0 Å². The number of rotatable bonds is 5. The highest BCUT2D eigenvalue weighted by molar-refractivity contribution is 6.03. The van der Waals surface area contributed by atoms with E-state index in [1.54, 1.807) is 23.1 Å². The minimum absolute atomic E-state index is 0.163. The van der Waals surface area contributed by atoms with Crippen molar-refractivity contribution in [3.63, 3.8) is 0 Å². The quantitative estimate of drug-likeness (QED) is 0.535. The van der Waals surface area contributed by atoms with Gasteiger partial charge in [0.2, 0.25) is 0 Å². The lowest BCUT2D eigenvalue weighted by Crippen LogP contribution is -2.33. The highest BCUT2D eigenvalue weighted by Crippen LogP contribution is 2.31. The molecule has 150 valence electrons. The molecule has 2 aromatic heterocycles. The summed E-state index contributed by atoms with van der Waals surface area (Å²) in [4.78, 5) is 12.5. The molecule has 30 heavy (non-hydrogen) atoms. The van der Waals surface area contributed by atoms with Crippen LogP contribution in [0, 0.1) is 0 Å². The minimum atomic E-state index is -0.282. The summed E-state index contributed by atoms with van der Waals surface area (Å²) in [6, 6.07) is 19.0. The lowest BCUT2D eigenvalue weighted by Gasteiger charge is -2.26. The highest BCUT2D eigenvalue weighted by Gasteiger charge is 2.21. The van der Waals surface area contributed by atoms with Gasteiger partial charge in [-0.15, -0.1) is 0 Å². The Morgan fingerprint density at radius 1 is 1.13 bits per heavy atom. The van der Waals surface area contributed by atoms with Crippen molar-refractivity contribution in [1.82, 2.24) is 20.0 Å². The van der Waals surface area contributed by atoms with E-state index in [0.29, 0.717) is 30.2 Å². The van der Waals surface area contributed by atoms with Gasteiger partial charge in [0.05, 0.1) is 24.1 Å². The highest BCUT2D eigenvalue weighted by atomic mass is 16.6. The Morgan fingerprint density at radius 3 is 2.80 bits per heavy atom. The Balaban J connectivity index is 1.21. The van der Waals surface area contributed by atoms with Crippen LogP contribution < -0.4 is 14.8 Å². The third-order valence-corrected chi connectivity index (χ3v) is 4.74. The zero-order valence-electron chi connectivity index (χ0n) is 16.0. The number of fused-ring (bicyclic) bond motifs is 1. The number of aromatic amines is 1. The fourth-order valence-electron chi connectivity index (χ4n) is 3.28. The molecule has 4 aromatic rings. The molecule has 8 heteroatoms. The average Bonchev–Trinajstić information content (AvgIpc) is 3.44. The number of nitrogens with zero attached hydrogens (tertiary/aromatic N) is 3. The number of anilines is 1. The largest absolute Gasteiger partial charge is 0.486 e. The van der Waals surface area contributed by atoms with E-state index in [9.17, 15) is 4.79 Å². The number of ether oxygens (including phenoxy) is 2. The summed E-state index contributed by atoms with van der Waals surface area (Å²) in [5, 5.41) is 14.1. The summed E-state index contributed by atoms with van der Waals surface area (Å²) in [5.41, 5.74) is 2.62. The average molecular weight is 401 g/mol. The number of nitrogens with one attached hydrogen (secondary N) is 2. The number of H-pyrrole nitrogens is 1. The van der Waals surface area contributed by atoms with Crippen molar-refractivity contribution in [2.24, 2.45) is 0 Å². The zero-order valence-corrected chi connectivity index (χ0v) is 16.0. The molecular weight excluding hydrogens is 382 g/mol. The minimum Gasteiger partial charge on any atom is -0.486 e. The van der Waals surface area contributed by atoms with E-state index < -0.39 is 0 Å². The van der Waals surface area contributed by atoms with Crippen LogP contribution in [0.3, 0.4) is 0 Å². The van der Waals surface area contributed by atoms with Gasteiger partial charge in [-0.05, 0) is 18.2 Å². The van der Waals surface area contributed by atoms with E-state index >= 15 is 0 Å². The smallest absolute Gasteiger partial charge is 0.273 e. The van der Waals surface area contributed by atoms with Gasteiger partial charge in [-0.25, -0.2) is 0 Å². The first-order chi connectivity index (χ1) is 14.7. The van der Waals surface area contributed by atoms with Gasteiger partial charge in [0.15, 0.2) is 17.6 Å². The zero-order chi connectivity index (χ0) is 20.3. The van der Waals surface area contributed by atoms with Crippen LogP contribution in [0.2, 0.25) is 0 Å². The Kier molecular flexibility index (Phi) is 4.65. The molecule has 1 aliphatic heterocycles. The van der Waals surface area contributed by atoms with Gasteiger partial charge in [-0.1, -0.05) is 42.5 Å². The van der Waals surface area contributed by atoms with Crippen LogP contribution >= 0.6 is 0 Å². The fourth-order valence-corrected chi connectivity index (χ4v) is 3.28. The molecule has 0 saturated carbocycles. The van der Waals surface area contributed by atoms with Crippen LogP contribution in [0.1, 0.15) is 10.5 Å². The van der Waals surface area contributed by atoms with Crippen molar-refractivity contribution in [3.8, 4) is 22.8 Å². The second kappa shape index (κ2) is 7.75. The normalized spacial score (nSPS) is 15.0. The molecule has 8 nitrogen and oxygen atoms in total. The van der Waals surface area contributed by atoms with Gasteiger partial charge < -0.3 is 14.8 Å². The molecule has 2 N–H and O–H groups in total. The molecule has 5 rings (SSSR count). The summed E-state index contributed by atoms with van der Waals surface area (Å²) in [6.45, 7) is 0.946. The van der Waals surface area contributed by atoms with E-state index in [1.165, 1.54) is 0 Å². The number of carbonyl (C=O) groups is 1. The molecule has 1 unspecified atom stereocenters. The van der Waals surface area contributed by atoms with Crippen LogP contribution in [0.25, 0.3) is 11.3 Å². The maximum Gasteiger partial charge on any atom is 0.273 e. The summed E-state index contributed by atoms with van der Waals surface area (Å²) < 4.78 is 13.4. The number of benzene rings is 2. The van der Waals surface area contributed by atoms with Crippen LogP contribution in [-0.4, -0.2) is 38.6 Å². The molecule has 0 aliphatic carbocycles. The first-order valence-corrected chi connectivity index (χ1v) is 9.58. The van der Waals surface area contributed by atoms with Crippen LogP contribution in [0.4, 0.5) is 5.69 Å².